The summed E-state index contributed by atoms with van der Waals surface area (Å²) in [7, 11) is 0. The summed E-state index contributed by atoms with van der Waals surface area (Å²) in [5.41, 5.74) is 3.47. The number of carbonyl (C=O) groups excluding carboxylic acids is 1. The van der Waals surface area contributed by atoms with Gasteiger partial charge in [0.2, 0.25) is 0 Å². The monoisotopic (exact) mass is 298 g/mol. The smallest absolute Gasteiger partial charge is 0.278 e. The highest BCUT2D eigenvalue weighted by atomic mass is 32.1. The third kappa shape index (κ3) is 2.31. The number of anilines is 1. The minimum absolute atomic E-state index is 0.219. The number of fused-ring (bicyclic) bond motifs is 1. The Morgan fingerprint density at radius 2 is 2.29 bits per heavy atom. The molecule has 1 aromatic carbocycles. The molecule has 0 aliphatic heterocycles. The summed E-state index contributed by atoms with van der Waals surface area (Å²) < 4.78 is 0. The van der Waals surface area contributed by atoms with Crippen LogP contribution in [0.4, 0.5) is 5.13 Å². The largest absolute Gasteiger partial charge is 0.296 e. The van der Waals surface area contributed by atoms with Gasteiger partial charge in [-0.05, 0) is 31.9 Å². The van der Waals surface area contributed by atoms with Gasteiger partial charge in [-0.1, -0.05) is 11.6 Å². The normalized spacial score (nSPS) is 14.5. The summed E-state index contributed by atoms with van der Waals surface area (Å²) >= 11 is 1.47. The summed E-state index contributed by atoms with van der Waals surface area (Å²) in [6.07, 6.45) is 2.42. The molecule has 5 nitrogen and oxygen atoms in total. The molecule has 4 rings (SSSR count). The standard InChI is InChI=1S/C15H14N4OS/c1-8-2-5-11-10(6-8)13(19-18-11)14(20)17-15-16-12(7-21-15)9-3-4-9/h2,5-7,9H,3-4H2,1H3,(H,18,19)(H,16,17,20). The lowest BCUT2D eigenvalue weighted by Gasteiger charge is -1.99. The highest BCUT2D eigenvalue weighted by Gasteiger charge is 2.26. The van der Waals surface area contributed by atoms with Gasteiger partial charge in [0.05, 0.1) is 11.2 Å². The number of nitrogens with zero attached hydrogens (tertiary/aromatic N) is 2. The van der Waals surface area contributed by atoms with E-state index in [4.69, 9.17) is 0 Å². The van der Waals surface area contributed by atoms with E-state index in [2.05, 4.69) is 20.5 Å². The molecule has 1 aliphatic rings. The van der Waals surface area contributed by atoms with Crippen molar-refractivity contribution in [2.24, 2.45) is 0 Å². The number of nitrogens with one attached hydrogen (secondary N) is 2. The SMILES string of the molecule is Cc1ccc2[nH]nc(C(=O)Nc3nc(C4CC4)cs3)c2c1. The molecule has 3 aromatic rings. The Bertz CT molecular complexity index is 831. The second-order valence-electron chi connectivity index (χ2n) is 5.43. The van der Waals surface area contributed by atoms with Gasteiger partial charge in [0.25, 0.3) is 5.91 Å². The van der Waals surface area contributed by atoms with Crippen molar-refractivity contribution in [3.05, 3.63) is 40.5 Å². The minimum atomic E-state index is -0.219. The summed E-state index contributed by atoms with van der Waals surface area (Å²) in [4.78, 5) is 16.8. The molecule has 6 heteroatoms. The number of hydrogen-bond donors (Lipinski definition) is 2. The van der Waals surface area contributed by atoms with E-state index < -0.39 is 0 Å². The van der Waals surface area contributed by atoms with Crippen LogP contribution in [0.25, 0.3) is 10.9 Å². The average molecular weight is 298 g/mol. The molecule has 1 amide bonds. The Morgan fingerprint density at radius 3 is 3.10 bits per heavy atom. The van der Waals surface area contributed by atoms with Gasteiger partial charge in [0, 0.05) is 16.7 Å². The van der Waals surface area contributed by atoms with Gasteiger partial charge in [-0.2, -0.15) is 5.10 Å². The summed E-state index contributed by atoms with van der Waals surface area (Å²) in [5.74, 6) is 0.379. The number of benzene rings is 1. The Hall–Kier alpha value is -2.21. The molecule has 0 saturated heterocycles. The van der Waals surface area contributed by atoms with Gasteiger partial charge in [0.15, 0.2) is 10.8 Å². The van der Waals surface area contributed by atoms with Crippen LogP contribution >= 0.6 is 11.3 Å². The Balaban J connectivity index is 1.61. The molecule has 0 radical (unpaired) electrons. The first-order valence-corrected chi connectivity index (χ1v) is 7.80. The third-order valence-corrected chi connectivity index (χ3v) is 4.45. The summed E-state index contributed by atoms with van der Waals surface area (Å²) in [5, 5.41) is 13.4. The first-order chi connectivity index (χ1) is 10.2. The Labute approximate surface area is 125 Å². The number of thiazole rings is 1. The molecule has 0 atom stereocenters. The molecular formula is C15H14N4OS. The molecule has 0 spiro atoms. The van der Waals surface area contributed by atoms with Gasteiger partial charge >= 0.3 is 0 Å². The maximum absolute atomic E-state index is 12.4. The molecule has 0 unspecified atom stereocenters. The maximum atomic E-state index is 12.4. The minimum Gasteiger partial charge on any atom is -0.296 e. The van der Waals surface area contributed by atoms with Gasteiger partial charge < -0.3 is 0 Å². The van der Waals surface area contributed by atoms with Crippen LogP contribution < -0.4 is 5.32 Å². The van der Waals surface area contributed by atoms with E-state index >= 15 is 0 Å². The fraction of sp³-hybridized carbons (Fsp3) is 0.267. The predicted molar refractivity (Wildman–Crippen MR) is 82.9 cm³/mol. The number of hydrogen-bond acceptors (Lipinski definition) is 4. The van der Waals surface area contributed by atoms with Crippen LogP contribution in [0, 0.1) is 6.92 Å². The quantitative estimate of drug-likeness (QED) is 0.778. The van der Waals surface area contributed by atoms with Gasteiger partial charge in [-0.15, -0.1) is 11.3 Å². The van der Waals surface area contributed by atoms with Crippen LogP contribution in [-0.2, 0) is 0 Å². The van der Waals surface area contributed by atoms with E-state index in [-0.39, 0.29) is 5.91 Å². The van der Waals surface area contributed by atoms with E-state index in [1.807, 2.05) is 30.5 Å². The summed E-state index contributed by atoms with van der Waals surface area (Å²) in [6, 6.07) is 5.89. The molecule has 2 N–H and O–H groups in total. The molecule has 21 heavy (non-hydrogen) atoms. The number of H-pyrrole nitrogens is 1. The number of rotatable bonds is 3. The Kier molecular flexibility index (Phi) is 2.78. The van der Waals surface area contributed by atoms with Crippen molar-refractivity contribution >= 4 is 33.3 Å². The van der Waals surface area contributed by atoms with E-state index in [9.17, 15) is 4.79 Å². The fourth-order valence-corrected chi connectivity index (χ4v) is 3.15. The first kappa shape index (κ1) is 12.5. The molecule has 0 bridgehead atoms. The van der Waals surface area contributed by atoms with E-state index in [0.29, 0.717) is 16.7 Å². The van der Waals surface area contributed by atoms with Crippen molar-refractivity contribution in [1.29, 1.82) is 0 Å². The molecule has 1 saturated carbocycles. The molecule has 2 heterocycles. The van der Waals surface area contributed by atoms with Crippen molar-refractivity contribution in [2.75, 3.05) is 5.32 Å². The molecule has 2 aromatic heterocycles. The predicted octanol–water partition coefficient (Wildman–Crippen LogP) is 3.46. The van der Waals surface area contributed by atoms with Crippen molar-refractivity contribution in [2.45, 2.75) is 25.7 Å². The van der Waals surface area contributed by atoms with Gasteiger partial charge in [0.1, 0.15) is 0 Å². The molecule has 1 aliphatic carbocycles. The van der Waals surface area contributed by atoms with Crippen molar-refractivity contribution < 1.29 is 4.79 Å². The Morgan fingerprint density at radius 1 is 1.43 bits per heavy atom. The fourth-order valence-electron chi connectivity index (χ4n) is 2.37. The number of aromatic nitrogens is 3. The van der Waals surface area contributed by atoms with Gasteiger partial charge in [-0.3, -0.25) is 15.2 Å². The van der Waals surface area contributed by atoms with Crippen LogP contribution in [0.15, 0.2) is 23.6 Å². The zero-order valence-corrected chi connectivity index (χ0v) is 12.3. The lowest BCUT2D eigenvalue weighted by molar-refractivity contribution is 0.102. The average Bonchev–Trinajstić information content (AvgIpc) is 3.07. The van der Waals surface area contributed by atoms with Crippen molar-refractivity contribution in [1.82, 2.24) is 15.2 Å². The van der Waals surface area contributed by atoms with Crippen LogP contribution in [0.3, 0.4) is 0 Å². The molecule has 1 fully saturated rings. The van der Waals surface area contributed by atoms with Crippen molar-refractivity contribution in [3.63, 3.8) is 0 Å². The lowest BCUT2D eigenvalue weighted by Crippen LogP contribution is -2.12. The highest BCUT2D eigenvalue weighted by Crippen LogP contribution is 2.40. The highest BCUT2D eigenvalue weighted by molar-refractivity contribution is 7.14. The first-order valence-electron chi connectivity index (χ1n) is 6.92. The van der Waals surface area contributed by atoms with E-state index in [1.54, 1.807) is 0 Å². The zero-order valence-electron chi connectivity index (χ0n) is 11.5. The maximum Gasteiger partial charge on any atom is 0.278 e. The third-order valence-electron chi connectivity index (χ3n) is 3.67. The van der Waals surface area contributed by atoms with E-state index in [1.165, 1.54) is 24.2 Å². The topological polar surface area (TPSA) is 70.7 Å². The summed E-state index contributed by atoms with van der Waals surface area (Å²) in [6.45, 7) is 2.00. The van der Waals surface area contributed by atoms with Crippen LogP contribution in [0.2, 0.25) is 0 Å². The molecule has 106 valence electrons. The number of carbonyl (C=O) groups is 1. The number of aryl methyl sites for hydroxylation is 1. The second-order valence-corrected chi connectivity index (χ2v) is 6.29. The zero-order chi connectivity index (χ0) is 14.4. The van der Waals surface area contributed by atoms with E-state index in [0.717, 1.165) is 22.2 Å². The van der Waals surface area contributed by atoms with Crippen LogP contribution in [0.1, 0.15) is 40.5 Å². The van der Waals surface area contributed by atoms with Gasteiger partial charge in [-0.25, -0.2) is 4.98 Å². The lowest BCUT2D eigenvalue weighted by atomic mass is 10.1. The van der Waals surface area contributed by atoms with Crippen LogP contribution in [0.5, 0.6) is 0 Å². The second kappa shape index (κ2) is 4.66. The molecular weight excluding hydrogens is 284 g/mol. The van der Waals surface area contributed by atoms with Crippen molar-refractivity contribution in [3.8, 4) is 0 Å². The van der Waals surface area contributed by atoms with Crippen LogP contribution in [-0.4, -0.2) is 21.1 Å². The number of aromatic amines is 1. The number of amides is 1.